The number of piperazine rings is 1. The number of halogens is 1. The van der Waals surface area contributed by atoms with E-state index in [2.05, 4.69) is 4.90 Å². The number of nitrogens with zero attached hydrogens (tertiary/aromatic N) is 3. The summed E-state index contributed by atoms with van der Waals surface area (Å²) in [5, 5.41) is 0. The van der Waals surface area contributed by atoms with Gasteiger partial charge in [0.2, 0.25) is 11.8 Å². The Balaban J connectivity index is 1.62. The first kappa shape index (κ1) is 19.7. The molecule has 0 radical (unpaired) electrons. The Labute approximate surface area is 164 Å². The van der Waals surface area contributed by atoms with Gasteiger partial charge in [-0.15, -0.1) is 0 Å². The van der Waals surface area contributed by atoms with E-state index >= 15 is 0 Å². The Hall–Kier alpha value is -3.09. The average Bonchev–Trinajstić information content (AvgIpc) is 2.72. The smallest absolute Gasteiger partial charge is 0.242 e. The van der Waals surface area contributed by atoms with Gasteiger partial charge in [-0.05, 0) is 36.4 Å². The molecule has 0 spiro atoms. The SMILES string of the molecule is COc1ccccc1N1CCN(C(=O)CN(C(C)=O)c2ccc(F)cc2)CC1. The molecule has 2 aromatic carbocycles. The van der Waals surface area contributed by atoms with Crippen molar-refractivity contribution in [2.75, 3.05) is 49.6 Å². The van der Waals surface area contributed by atoms with Crippen LogP contribution in [0, 0.1) is 5.82 Å². The summed E-state index contributed by atoms with van der Waals surface area (Å²) in [6, 6.07) is 13.4. The fraction of sp³-hybridized carbons (Fsp3) is 0.333. The molecule has 1 aliphatic heterocycles. The van der Waals surface area contributed by atoms with E-state index in [4.69, 9.17) is 4.74 Å². The van der Waals surface area contributed by atoms with Crippen LogP contribution in [-0.2, 0) is 9.59 Å². The molecule has 0 atom stereocenters. The number of methoxy groups -OCH3 is 1. The van der Waals surface area contributed by atoms with Crippen LogP contribution in [0.3, 0.4) is 0 Å². The third kappa shape index (κ3) is 4.42. The second kappa shape index (κ2) is 8.73. The summed E-state index contributed by atoms with van der Waals surface area (Å²) in [7, 11) is 1.64. The van der Waals surface area contributed by atoms with E-state index in [1.807, 2.05) is 24.3 Å². The van der Waals surface area contributed by atoms with Crippen LogP contribution < -0.4 is 14.5 Å². The number of amides is 2. The van der Waals surface area contributed by atoms with Gasteiger partial charge in [-0.3, -0.25) is 9.59 Å². The van der Waals surface area contributed by atoms with Gasteiger partial charge in [-0.1, -0.05) is 12.1 Å². The highest BCUT2D eigenvalue weighted by Crippen LogP contribution is 2.28. The molecule has 1 heterocycles. The molecule has 2 amide bonds. The van der Waals surface area contributed by atoms with Crippen molar-refractivity contribution in [1.82, 2.24) is 4.90 Å². The van der Waals surface area contributed by atoms with E-state index < -0.39 is 0 Å². The number of para-hydroxylation sites is 2. The third-order valence-corrected chi connectivity index (χ3v) is 4.87. The van der Waals surface area contributed by atoms with Crippen LogP contribution in [0.4, 0.5) is 15.8 Å². The molecule has 3 rings (SSSR count). The average molecular weight is 385 g/mol. The number of rotatable bonds is 5. The molecule has 1 fully saturated rings. The van der Waals surface area contributed by atoms with Crippen LogP contribution in [0.15, 0.2) is 48.5 Å². The highest BCUT2D eigenvalue weighted by Gasteiger charge is 2.25. The van der Waals surface area contributed by atoms with Gasteiger partial charge in [0.25, 0.3) is 0 Å². The Bertz CT molecular complexity index is 833. The lowest BCUT2D eigenvalue weighted by atomic mass is 10.2. The number of hydrogen-bond acceptors (Lipinski definition) is 4. The number of carbonyl (C=O) groups excluding carboxylic acids is 2. The predicted molar refractivity (Wildman–Crippen MR) is 106 cm³/mol. The standard InChI is InChI=1S/C21H24FN3O3/c1-16(26)25(18-9-7-17(22)8-10-18)15-21(27)24-13-11-23(12-14-24)19-5-3-4-6-20(19)28-2/h3-10H,11-15H2,1-2H3. The number of ether oxygens (including phenoxy) is 1. The van der Waals surface area contributed by atoms with Crippen LogP contribution in [0.1, 0.15) is 6.92 Å². The largest absolute Gasteiger partial charge is 0.495 e. The molecule has 0 aromatic heterocycles. The summed E-state index contributed by atoms with van der Waals surface area (Å²) >= 11 is 0. The molecule has 0 saturated carbocycles. The van der Waals surface area contributed by atoms with Gasteiger partial charge in [0.1, 0.15) is 18.1 Å². The Morgan fingerprint density at radius 2 is 1.68 bits per heavy atom. The topological polar surface area (TPSA) is 53.1 Å². The van der Waals surface area contributed by atoms with Gasteiger partial charge in [-0.25, -0.2) is 4.39 Å². The Kier molecular flexibility index (Phi) is 6.13. The van der Waals surface area contributed by atoms with Crippen molar-refractivity contribution in [1.29, 1.82) is 0 Å². The van der Waals surface area contributed by atoms with E-state index in [1.165, 1.54) is 36.1 Å². The Morgan fingerprint density at radius 3 is 2.29 bits per heavy atom. The number of hydrogen-bond donors (Lipinski definition) is 0. The van der Waals surface area contributed by atoms with E-state index in [0.29, 0.717) is 31.9 Å². The van der Waals surface area contributed by atoms with Crippen LogP contribution >= 0.6 is 0 Å². The van der Waals surface area contributed by atoms with Crippen LogP contribution in [-0.4, -0.2) is 56.5 Å². The molecular formula is C21H24FN3O3. The quantitative estimate of drug-likeness (QED) is 0.794. The highest BCUT2D eigenvalue weighted by atomic mass is 19.1. The predicted octanol–water partition coefficient (Wildman–Crippen LogP) is 2.54. The molecule has 28 heavy (non-hydrogen) atoms. The van der Waals surface area contributed by atoms with Crippen molar-refractivity contribution in [3.63, 3.8) is 0 Å². The second-order valence-electron chi connectivity index (χ2n) is 6.62. The minimum atomic E-state index is -0.383. The van der Waals surface area contributed by atoms with Crippen molar-refractivity contribution in [2.45, 2.75) is 6.92 Å². The molecule has 1 saturated heterocycles. The normalized spacial score (nSPS) is 14.0. The van der Waals surface area contributed by atoms with Crippen molar-refractivity contribution < 1.29 is 18.7 Å². The van der Waals surface area contributed by atoms with Crippen LogP contribution in [0.5, 0.6) is 5.75 Å². The molecule has 148 valence electrons. The highest BCUT2D eigenvalue weighted by molar-refractivity contribution is 5.97. The molecule has 1 aliphatic rings. The molecule has 7 heteroatoms. The minimum Gasteiger partial charge on any atom is -0.495 e. The number of anilines is 2. The van der Waals surface area contributed by atoms with E-state index in [-0.39, 0.29) is 24.2 Å². The van der Waals surface area contributed by atoms with Crippen molar-refractivity contribution in [3.05, 3.63) is 54.3 Å². The summed E-state index contributed by atoms with van der Waals surface area (Å²) < 4.78 is 18.6. The zero-order valence-electron chi connectivity index (χ0n) is 16.1. The van der Waals surface area contributed by atoms with Gasteiger partial charge >= 0.3 is 0 Å². The maximum absolute atomic E-state index is 13.1. The zero-order valence-corrected chi connectivity index (χ0v) is 16.1. The maximum Gasteiger partial charge on any atom is 0.242 e. The van der Waals surface area contributed by atoms with Gasteiger partial charge in [0.15, 0.2) is 0 Å². The molecule has 2 aromatic rings. The van der Waals surface area contributed by atoms with Gasteiger partial charge < -0.3 is 19.4 Å². The molecule has 0 bridgehead atoms. The van der Waals surface area contributed by atoms with E-state index in [0.717, 1.165) is 11.4 Å². The van der Waals surface area contributed by atoms with E-state index in [9.17, 15) is 14.0 Å². The first-order valence-electron chi connectivity index (χ1n) is 9.19. The minimum absolute atomic E-state index is 0.0599. The second-order valence-corrected chi connectivity index (χ2v) is 6.62. The van der Waals surface area contributed by atoms with Crippen LogP contribution in [0.25, 0.3) is 0 Å². The summed E-state index contributed by atoms with van der Waals surface area (Å²) in [5.74, 6) is 0.0409. The molecule has 0 unspecified atom stereocenters. The summed E-state index contributed by atoms with van der Waals surface area (Å²) in [5.41, 5.74) is 1.52. The fourth-order valence-corrected chi connectivity index (χ4v) is 3.33. The first-order valence-corrected chi connectivity index (χ1v) is 9.19. The number of carbonyl (C=O) groups is 2. The molecule has 0 aliphatic carbocycles. The zero-order chi connectivity index (χ0) is 20.1. The lowest BCUT2D eigenvalue weighted by molar-refractivity contribution is -0.131. The first-order chi connectivity index (χ1) is 13.5. The van der Waals surface area contributed by atoms with Gasteiger partial charge in [0, 0.05) is 38.8 Å². The lowest BCUT2D eigenvalue weighted by Crippen LogP contribution is -2.52. The monoisotopic (exact) mass is 385 g/mol. The van der Waals surface area contributed by atoms with Crippen molar-refractivity contribution in [2.24, 2.45) is 0 Å². The van der Waals surface area contributed by atoms with Crippen LogP contribution in [0.2, 0.25) is 0 Å². The summed E-state index contributed by atoms with van der Waals surface area (Å²) in [6.07, 6.45) is 0. The molecule has 0 N–H and O–H groups in total. The van der Waals surface area contributed by atoms with E-state index in [1.54, 1.807) is 12.0 Å². The maximum atomic E-state index is 13.1. The van der Waals surface area contributed by atoms with Crippen molar-refractivity contribution >= 4 is 23.2 Å². The van der Waals surface area contributed by atoms with Gasteiger partial charge in [-0.2, -0.15) is 0 Å². The molecule has 6 nitrogen and oxygen atoms in total. The lowest BCUT2D eigenvalue weighted by Gasteiger charge is -2.37. The summed E-state index contributed by atoms with van der Waals surface area (Å²) in [4.78, 5) is 30.0. The molecular weight excluding hydrogens is 361 g/mol. The third-order valence-electron chi connectivity index (χ3n) is 4.87. The summed E-state index contributed by atoms with van der Waals surface area (Å²) in [6.45, 7) is 3.83. The van der Waals surface area contributed by atoms with Crippen molar-refractivity contribution in [3.8, 4) is 5.75 Å². The number of benzene rings is 2. The Morgan fingerprint density at radius 1 is 1.04 bits per heavy atom. The fourth-order valence-electron chi connectivity index (χ4n) is 3.33. The van der Waals surface area contributed by atoms with Gasteiger partial charge in [0.05, 0.1) is 12.8 Å².